The number of aromatic nitrogens is 3. The highest BCUT2D eigenvalue weighted by Crippen LogP contribution is 2.20. The van der Waals surface area contributed by atoms with Crippen LogP contribution in [0.5, 0.6) is 0 Å². The van der Waals surface area contributed by atoms with E-state index < -0.39 is 9.84 Å². The molecule has 29 heavy (non-hydrogen) atoms. The highest BCUT2D eigenvalue weighted by atomic mass is 32.2. The van der Waals surface area contributed by atoms with Gasteiger partial charge in [-0.2, -0.15) is 15.0 Å². The van der Waals surface area contributed by atoms with Crippen molar-refractivity contribution in [2.45, 2.75) is 25.9 Å². The van der Waals surface area contributed by atoms with E-state index in [2.05, 4.69) is 30.1 Å². The average Bonchev–Trinajstić information content (AvgIpc) is 3.04. The van der Waals surface area contributed by atoms with Gasteiger partial charge < -0.3 is 11.1 Å². The smallest absolute Gasteiger partial charge is 0.232 e. The molecule has 0 aliphatic carbocycles. The first-order valence-electron chi connectivity index (χ1n) is 9.88. The van der Waals surface area contributed by atoms with Crippen molar-refractivity contribution in [3.8, 4) is 0 Å². The van der Waals surface area contributed by atoms with Gasteiger partial charge >= 0.3 is 0 Å². The van der Waals surface area contributed by atoms with Crippen molar-refractivity contribution in [3.63, 3.8) is 0 Å². The molecule has 2 saturated heterocycles. The Hall–Kier alpha value is -2.30. The Balaban J connectivity index is 1.36. The van der Waals surface area contributed by atoms with Gasteiger partial charge in [0.2, 0.25) is 11.9 Å². The largest absolute Gasteiger partial charge is 0.368 e. The van der Waals surface area contributed by atoms with Gasteiger partial charge in [-0.1, -0.05) is 18.2 Å². The Labute approximate surface area is 171 Å². The van der Waals surface area contributed by atoms with E-state index >= 15 is 0 Å². The van der Waals surface area contributed by atoms with E-state index in [1.807, 2.05) is 31.2 Å². The molecular formula is C19H27N7O2S. The molecule has 1 atom stereocenters. The van der Waals surface area contributed by atoms with Crippen molar-refractivity contribution >= 4 is 27.4 Å². The SMILES string of the molecule is Cc1ccccc1Nc1nc(N)nc(CN2CCN([C@@H]3CCS(=O)(=O)C3)CC2)n1. The topological polar surface area (TPSA) is 117 Å². The third kappa shape index (κ3) is 5.01. The number of nitrogen functional groups attached to an aromatic ring is 1. The molecule has 2 aliphatic rings. The molecule has 2 fully saturated rings. The van der Waals surface area contributed by atoms with Crippen molar-refractivity contribution in [2.24, 2.45) is 0 Å². The number of benzene rings is 1. The van der Waals surface area contributed by atoms with E-state index in [1.54, 1.807) is 0 Å². The number of anilines is 3. The summed E-state index contributed by atoms with van der Waals surface area (Å²) in [6.07, 6.45) is 0.750. The summed E-state index contributed by atoms with van der Waals surface area (Å²) in [5.41, 5.74) is 7.93. The molecule has 9 nitrogen and oxygen atoms in total. The van der Waals surface area contributed by atoms with E-state index in [-0.39, 0.29) is 12.0 Å². The van der Waals surface area contributed by atoms with Gasteiger partial charge in [-0.05, 0) is 25.0 Å². The number of rotatable bonds is 5. The fraction of sp³-hybridized carbons (Fsp3) is 0.526. The van der Waals surface area contributed by atoms with Crippen molar-refractivity contribution in [1.29, 1.82) is 0 Å². The lowest BCUT2D eigenvalue weighted by Gasteiger charge is -2.37. The number of para-hydroxylation sites is 1. The predicted molar refractivity (Wildman–Crippen MR) is 113 cm³/mol. The molecule has 0 spiro atoms. The first-order chi connectivity index (χ1) is 13.9. The van der Waals surface area contributed by atoms with Crippen LogP contribution in [0, 0.1) is 6.92 Å². The van der Waals surface area contributed by atoms with E-state index in [0.29, 0.717) is 29.8 Å². The Morgan fingerprint density at radius 1 is 1.14 bits per heavy atom. The van der Waals surface area contributed by atoms with Crippen LogP contribution in [0.15, 0.2) is 24.3 Å². The van der Waals surface area contributed by atoms with E-state index in [1.165, 1.54) is 0 Å². The van der Waals surface area contributed by atoms with E-state index in [0.717, 1.165) is 43.9 Å². The molecule has 3 N–H and O–H groups in total. The van der Waals surface area contributed by atoms with Gasteiger partial charge in [0.15, 0.2) is 9.84 Å². The van der Waals surface area contributed by atoms with Crippen LogP contribution >= 0.6 is 0 Å². The number of aryl methyl sites for hydroxylation is 1. The monoisotopic (exact) mass is 417 g/mol. The Kier molecular flexibility index (Phi) is 5.66. The number of nitrogens with one attached hydrogen (secondary N) is 1. The van der Waals surface area contributed by atoms with E-state index in [4.69, 9.17) is 5.73 Å². The normalized spacial score (nSPS) is 22.6. The van der Waals surface area contributed by atoms with Crippen LogP contribution < -0.4 is 11.1 Å². The summed E-state index contributed by atoms with van der Waals surface area (Å²) in [5.74, 6) is 1.88. The van der Waals surface area contributed by atoms with Crippen LogP contribution in [0.25, 0.3) is 0 Å². The van der Waals surface area contributed by atoms with Crippen LogP contribution in [0.1, 0.15) is 17.8 Å². The standard InChI is InChI=1S/C19H27N7O2S/c1-14-4-2-3-5-16(14)21-19-23-17(22-18(20)24-19)12-25-7-9-26(10-8-25)15-6-11-29(27,28)13-15/h2-5,15H,6-13H2,1H3,(H3,20,21,22,23,24)/t15-/m1/s1. The van der Waals surface area contributed by atoms with Crippen LogP contribution in [0.2, 0.25) is 0 Å². The summed E-state index contributed by atoms with van der Waals surface area (Å²) in [6.45, 7) is 6.02. The molecule has 2 aliphatic heterocycles. The minimum atomic E-state index is -2.85. The van der Waals surface area contributed by atoms with E-state index in [9.17, 15) is 8.42 Å². The minimum absolute atomic E-state index is 0.167. The predicted octanol–water partition coefficient (Wildman–Crippen LogP) is 0.811. The average molecular weight is 418 g/mol. The molecule has 0 amide bonds. The molecule has 0 saturated carbocycles. The summed E-state index contributed by atoms with van der Waals surface area (Å²) < 4.78 is 23.5. The first-order valence-corrected chi connectivity index (χ1v) is 11.7. The number of hydrogen-bond acceptors (Lipinski definition) is 9. The van der Waals surface area contributed by atoms with Crippen molar-refractivity contribution in [2.75, 3.05) is 48.7 Å². The second-order valence-corrected chi connectivity index (χ2v) is 9.97. The molecule has 4 rings (SSSR count). The highest BCUT2D eigenvalue weighted by Gasteiger charge is 2.33. The molecule has 0 bridgehead atoms. The molecule has 0 unspecified atom stereocenters. The summed E-state index contributed by atoms with van der Waals surface area (Å²) in [7, 11) is -2.85. The zero-order chi connectivity index (χ0) is 20.4. The third-order valence-electron chi connectivity index (χ3n) is 5.59. The molecule has 156 valence electrons. The van der Waals surface area contributed by atoms with Gasteiger partial charge in [-0.25, -0.2) is 8.42 Å². The lowest BCUT2D eigenvalue weighted by Crippen LogP contribution is -2.50. The first kappa shape index (κ1) is 20.0. The van der Waals surface area contributed by atoms with Gasteiger partial charge in [0.1, 0.15) is 5.82 Å². The maximum atomic E-state index is 11.7. The zero-order valence-corrected chi connectivity index (χ0v) is 17.4. The third-order valence-corrected chi connectivity index (χ3v) is 7.34. The van der Waals surface area contributed by atoms with Gasteiger partial charge in [0, 0.05) is 37.9 Å². The molecule has 0 radical (unpaired) electrons. The van der Waals surface area contributed by atoms with Gasteiger partial charge in [-0.15, -0.1) is 0 Å². The fourth-order valence-electron chi connectivity index (χ4n) is 3.95. The van der Waals surface area contributed by atoms with Crippen molar-refractivity contribution in [1.82, 2.24) is 24.8 Å². The zero-order valence-electron chi connectivity index (χ0n) is 16.6. The van der Waals surface area contributed by atoms with Crippen LogP contribution in [-0.4, -0.2) is 76.9 Å². The lowest BCUT2D eigenvalue weighted by molar-refractivity contribution is 0.0984. The number of piperazine rings is 1. The maximum absolute atomic E-state index is 11.7. The Bertz CT molecular complexity index is 974. The number of sulfone groups is 1. The molecule has 10 heteroatoms. The number of hydrogen-bond donors (Lipinski definition) is 2. The molecular weight excluding hydrogens is 390 g/mol. The lowest BCUT2D eigenvalue weighted by atomic mass is 10.2. The minimum Gasteiger partial charge on any atom is -0.368 e. The number of nitrogens with zero attached hydrogens (tertiary/aromatic N) is 5. The van der Waals surface area contributed by atoms with Crippen LogP contribution in [-0.2, 0) is 16.4 Å². The van der Waals surface area contributed by atoms with Crippen molar-refractivity contribution < 1.29 is 8.42 Å². The summed E-state index contributed by atoms with van der Waals surface area (Å²) in [6, 6.07) is 8.09. The number of nitrogens with two attached hydrogens (primary N) is 1. The Morgan fingerprint density at radius 3 is 2.59 bits per heavy atom. The van der Waals surface area contributed by atoms with Gasteiger partial charge in [-0.3, -0.25) is 9.80 Å². The van der Waals surface area contributed by atoms with Crippen LogP contribution in [0.4, 0.5) is 17.6 Å². The quantitative estimate of drug-likeness (QED) is 0.729. The second-order valence-electron chi connectivity index (χ2n) is 7.74. The molecule has 1 aromatic carbocycles. The summed E-state index contributed by atoms with van der Waals surface area (Å²) in [4.78, 5) is 17.6. The van der Waals surface area contributed by atoms with Crippen LogP contribution in [0.3, 0.4) is 0 Å². The van der Waals surface area contributed by atoms with Crippen molar-refractivity contribution in [3.05, 3.63) is 35.7 Å². The summed E-state index contributed by atoms with van der Waals surface area (Å²) >= 11 is 0. The highest BCUT2D eigenvalue weighted by molar-refractivity contribution is 7.91. The van der Waals surface area contributed by atoms with Gasteiger partial charge in [0.25, 0.3) is 0 Å². The van der Waals surface area contributed by atoms with Gasteiger partial charge in [0.05, 0.1) is 18.1 Å². The second kappa shape index (κ2) is 8.21. The summed E-state index contributed by atoms with van der Waals surface area (Å²) in [5, 5.41) is 3.22. The molecule has 1 aromatic heterocycles. The molecule has 3 heterocycles. The fourth-order valence-corrected chi connectivity index (χ4v) is 5.71. The molecule has 2 aromatic rings. The Morgan fingerprint density at radius 2 is 1.90 bits per heavy atom. The maximum Gasteiger partial charge on any atom is 0.232 e.